The molecule has 0 aromatic heterocycles. The Labute approximate surface area is 113 Å². The molecule has 0 atom stereocenters. The second kappa shape index (κ2) is 6.17. The quantitative estimate of drug-likeness (QED) is 0.807. The lowest BCUT2D eigenvalue weighted by molar-refractivity contribution is -0.139. The van der Waals surface area contributed by atoms with Gasteiger partial charge in [-0.05, 0) is 34.1 Å². The van der Waals surface area contributed by atoms with Crippen molar-refractivity contribution in [2.24, 2.45) is 0 Å². The number of methoxy groups -OCH3 is 2. The van der Waals surface area contributed by atoms with Gasteiger partial charge in [-0.2, -0.15) is 4.72 Å². The second-order valence-corrected chi connectivity index (χ2v) is 5.82. The van der Waals surface area contributed by atoms with Crippen molar-refractivity contribution in [1.82, 2.24) is 4.72 Å². The fraction of sp³-hybridized carbons (Fsp3) is 0.300. The van der Waals surface area contributed by atoms with E-state index in [1.54, 1.807) is 0 Å². The molecule has 0 amide bonds. The third-order valence-electron chi connectivity index (χ3n) is 2.07. The highest BCUT2D eigenvalue weighted by Gasteiger charge is 2.17. The molecule has 8 heteroatoms. The van der Waals surface area contributed by atoms with Crippen LogP contribution in [0.2, 0.25) is 0 Å². The molecule has 1 aromatic rings. The number of ether oxygens (including phenoxy) is 2. The van der Waals surface area contributed by atoms with Crippen molar-refractivity contribution in [3.05, 3.63) is 22.7 Å². The summed E-state index contributed by atoms with van der Waals surface area (Å²) in [5.41, 5.74) is 0. The first-order valence-corrected chi connectivity index (χ1v) is 7.08. The predicted octanol–water partition coefficient (Wildman–Crippen LogP) is 0.909. The van der Waals surface area contributed by atoms with Crippen LogP contribution >= 0.6 is 15.9 Å². The molecule has 0 unspecified atom stereocenters. The van der Waals surface area contributed by atoms with Crippen LogP contribution in [-0.2, 0) is 19.6 Å². The van der Waals surface area contributed by atoms with Gasteiger partial charge in [0.15, 0.2) is 0 Å². The van der Waals surface area contributed by atoms with Crippen molar-refractivity contribution in [3.63, 3.8) is 0 Å². The SMILES string of the molecule is COC(=O)CNS(=O)(=O)c1ccc(OC)c(Br)c1. The average molecular weight is 338 g/mol. The number of sulfonamides is 1. The number of carbonyl (C=O) groups excluding carboxylic acids is 1. The molecule has 0 radical (unpaired) electrons. The molecule has 0 spiro atoms. The van der Waals surface area contributed by atoms with Crippen LogP contribution in [0.3, 0.4) is 0 Å². The topological polar surface area (TPSA) is 81.7 Å². The molecule has 1 aromatic carbocycles. The van der Waals surface area contributed by atoms with Gasteiger partial charge in [0.1, 0.15) is 12.3 Å². The maximum atomic E-state index is 11.8. The Morgan fingerprint density at radius 3 is 2.56 bits per heavy atom. The number of halogens is 1. The number of benzene rings is 1. The van der Waals surface area contributed by atoms with Gasteiger partial charge < -0.3 is 9.47 Å². The van der Waals surface area contributed by atoms with Gasteiger partial charge in [0.05, 0.1) is 23.6 Å². The molecule has 1 rings (SSSR count). The molecule has 0 aliphatic rings. The third-order valence-corrected chi connectivity index (χ3v) is 4.09. The summed E-state index contributed by atoms with van der Waals surface area (Å²) in [6, 6.07) is 4.28. The molecule has 18 heavy (non-hydrogen) atoms. The van der Waals surface area contributed by atoms with Crippen LogP contribution in [0.5, 0.6) is 5.75 Å². The lowest BCUT2D eigenvalue weighted by atomic mass is 10.3. The molecule has 0 saturated heterocycles. The van der Waals surface area contributed by atoms with Crippen molar-refractivity contribution >= 4 is 31.9 Å². The summed E-state index contributed by atoms with van der Waals surface area (Å²) in [5, 5.41) is 0. The monoisotopic (exact) mass is 337 g/mol. The Hall–Kier alpha value is -1.12. The van der Waals surface area contributed by atoms with Crippen LogP contribution in [0.1, 0.15) is 0 Å². The predicted molar refractivity (Wildman–Crippen MR) is 67.9 cm³/mol. The van der Waals surface area contributed by atoms with Crippen molar-refractivity contribution in [1.29, 1.82) is 0 Å². The summed E-state index contributed by atoms with van der Waals surface area (Å²) >= 11 is 3.18. The number of esters is 1. The molecular weight excluding hydrogens is 326 g/mol. The van der Waals surface area contributed by atoms with E-state index in [0.29, 0.717) is 10.2 Å². The minimum Gasteiger partial charge on any atom is -0.496 e. The summed E-state index contributed by atoms with van der Waals surface area (Å²) in [5.74, 6) is -0.145. The van der Waals surface area contributed by atoms with E-state index in [-0.39, 0.29) is 4.90 Å². The van der Waals surface area contributed by atoms with E-state index in [9.17, 15) is 13.2 Å². The first kappa shape index (κ1) is 14.9. The highest BCUT2D eigenvalue weighted by molar-refractivity contribution is 9.10. The largest absolute Gasteiger partial charge is 0.496 e. The zero-order valence-electron chi connectivity index (χ0n) is 9.77. The molecular formula is C10H12BrNO5S. The number of carbonyl (C=O) groups is 1. The first-order valence-electron chi connectivity index (χ1n) is 4.80. The van der Waals surface area contributed by atoms with Gasteiger partial charge in [-0.15, -0.1) is 0 Å². The average Bonchev–Trinajstić information content (AvgIpc) is 2.35. The van der Waals surface area contributed by atoms with E-state index < -0.39 is 22.5 Å². The van der Waals surface area contributed by atoms with Crippen molar-refractivity contribution < 1.29 is 22.7 Å². The van der Waals surface area contributed by atoms with Crippen LogP contribution in [0.15, 0.2) is 27.6 Å². The van der Waals surface area contributed by atoms with Gasteiger partial charge in [-0.25, -0.2) is 8.42 Å². The number of hydrogen-bond acceptors (Lipinski definition) is 5. The zero-order valence-corrected chi connectivity index (χ0v) is 12.2. The van der Waals surface area contributed by atoms with Crippen LogP contribution in [0, 0.1) is 0 Å². The molecule has 0 fully saturated rings. The fourth-order valence-electron chi connectivity index (χ4n) is 1.12. The van der Waals surface area contributed by atoms with E-state index in [1.165, 1.54) is 32.4 Å². The zero-order chi connectivity index (χ0) is 13.8. The standard InChI is InChI=1S/C10H12BrNO5S/c1-16-9-4-3-7(5-8(9)11)18(14,15)12-6-10(13)17-2/h3-5,12H,6H2,1-2H3. The Morgan fingerprint density at radius 2 is 2.06 bits per heavy atom. The van der Waals surface area contributed by atoms with Crippen molar-refractivity contribution in [2.45, 2.75) is 4.90 Å². The molecule has 0 bridgehead atoms. The third kappa shape index (κ3) is 3.69. The molecule has 6 nitrogen and oxygen atoms in total. The second-order valence-electron chi connectivity index (χ2n) is 3.20. The highest BCUT2D eigenvalue weighted by atomic mass is 79.9. The Morgan fingerprint density at radius 1 is 1.39 bits per heavy atom. The van der Waals surface area contributed by atoms with E-state index in [1.807, 2.05) is 0 Å². The fourth-order valence-corrected chi connectivity index (χ4v) is 2.81. The summed E-state index contributed by atoms with van der Waals surface area (Å²) < 4.78 is 35.6. The Kier molecular flexibility index (Phi) is 5.12. The maximum Gasteiger partial charge on any atom is 0.320 e. The van der Waals surface area contributed by atoms with Gasteiger partial charge in [0.2, 0.25) is 10.0 Å². The van der Waals surface area contributed by atoms with E-state index >= 15 is 0 Å². The van der Waals surface area contributed by atoms with Crippen LogP contribution in [-0.4, -0.2) is 35.2 Å². The summed E-state index contributed by atoms with van der Waals surface area (Å²) in [6.45, 7) is -0.414. The molecule has 0 heterocycles. The Balaban J connectivity index is 2.92. The minimum atomic E-state index is -3.75. The van der Waals surface area contributed by atoms with Crippen molar-refractivity contribution in [3.8, 4) is 5.75 Å². The molecule has 100 valence electrons. The van der Waals surface area contributed by atoms with Gasteiger partial charge >= 0.3 is 5.97 Å². The van der Waals surface area contributed by atoms with Crippen LogP contribution in [0.25, 0.3) is 0 Å². The number of hydrogen-bond donors (Lipinski definition) is 1. The summed E-state index contributed by atoms with van der Waals surface area (Å²) in [7, 11) is -1.09. The summed E-state index contributed by atoms with van der Waals surface area (Å²) in [6.07, 6.45) is 0. The van der Waals surface area contributed by atoms with Gasteiger partial charge in [-0.3, -0.25) is 4.79 Å². The van der Waals surface area contributed by atoms with Gasteiger partial charge in [0.25, 0.3) is 0 Å². The van der Waals surface area contributed by atoms with Crippen LogP contribution < -0.4 is 9.46 Å². The lowest BCUT2D eigenvalue weighted by Gasteiger charge is -2.08. The van der Waals surface area contributed by atoms with Crippen molar-refractivity contribution in [2.75, 3.05) is 20.8 Å². The Bertz CT molecular complexity index is 543. The van der Waals surface area contributed by atoms with Gasteiger partial charge in [0, 0.05) is 0 Å². The highest BCUT2D eigenvalue weighted by Crippen LogP contribution is 2.27. The number of rotatable bonds is 5. The van der Waals surface area contributed by atoms with Gasteiger partial charge in [-0.1, -0.05) is 0 Å². The molecule has 1 N–H and O–H groups in total. The van der Waals surface area contributed by atoms with Crippen LogP contribution in [0.4, 0.5) is 0 Å². The lowest BCUT2D eigenvalue weighted by Crippen LogP contribution is -2.30. The smallest absolute Gasteiger partial charge is 0.320 e. The number of nitrogens with one attached hydrogen (secondary N) is 1. The minimum absolute atomic E-state index is 0.0269. The van der Waals surface area contributed by atoms with E-state index in [4.69, 9.17) is 4.74 Å². The van der Waals surface area contributed by atoms with E-state index in [2.05, 4.69) is 25.4 Å². The first-order chi connectivity index (χ1) is 8.40. The summed E-state index contributed by atoms with van der Waals surface area (Å²) in [4.78, 5) is 10.9. The molecule has 0 aliphatic carbocycles. The maximum absolute atomic E-state index is 11.8. The van der Waals surface area contributed by atoms with E-state index in [0.717, 1.165) is 0 Å². The molecule has 0 aliphatic heterocycles. The normalized spacial score (nSPS) is 11.1. The molecule has 0 saturated carbocycles.